The molecule has 21 heavy (non-hydrogen) atoms. The molecule has 1 aliphatic heterocycles. The normalized spacial score (nSPS) is 19.1. The van der Waals surface area contributed by atoms with Gasteiger partial charge in [0.1, 0.15) is 23.2 Å². The van der Waals surface area contributed by atoms with Crippen molar-refractivity contribution in [3.63, 3.8) is 0 Å². The second kappa shape index (κ2) is 5.39. The Morgan fingerprint density at radius 1 is 0.905 bits per heavy atom. The molecule has 0 amide bonds. The molecule has 1 atom stereocenters. The van der Waals surface area contributed by atoms with Crippen molar-refractivity contribution in [2.24, 2.45) is 0 Å². The van der Waals surface area contributed by atoms with Crippen molar-refractivity contribution < 1.29 is 19.3 Å². The molecule has 0 spiro atoms. The second-order valence-corrected chi connectivity index (χ2v) is 4.98. The first-order chi connectivity index (χ1) is 10.2. The van der Waals surface area contributed by atoms with Gasteiger partial charge in [-0.3, -0.25) is 0 Å². The fraction of sp³-hybridized carbons (Fsp3) is 0.294. The molecule has 110 valence electrons. The van der Waals surface area contributed by atoms with Crippen LogP contribution in [0, 0.1) is 0 Å². The SMILES string of the molecule is COc1ccc(C2(c3ccc(OC)cc3)O[C@@H]2CO)cc1. The third-order valence-electron chi connectivity index (χ3n) is 3.93. The van der Waals surface area contributed by atoms with Gasteiger partial charge >= 0.3 is 0 Å². The van der Waals surface area contributed by atoms with Crippen molar-refractivity contribution >= 4 is 0 Å². The average Bonchev–Trinajstić information content (AvgIpc) is 3.31. The highest BCUT2D eigenvalue weighted by molar-refractivity contribution is 5.46. The lowest BCUT2D eigenvalue weighted by atomic mass is 9.88. The van der Waals surface area contributed by atoms with Crippen LogP contribution in [-0.2, 0) is 10.3 Å². The summed E-state index contributed by atoms with van der Waals surface area (Å²) in [7, 11) is 3.27. The molecule has 0 bridgehead atoms. The van der Waals surface area contributed by atoms with Crippen molar-refractivity contribution in [3.05, 3.63) is 59.7 Å². The zero-order valence-electron chi connectivity index (χ0n) is 12.1. The second-order valence-electron chi connectivity index (χ2n) is 4.98. The maximum atomic E-state index is 9.49. The molecule has 4 heteroatoms. The van der Waals surface area contributed by atoms with Crippen LogP contribution in [0.2, 0.25) is 0 Å². The van der Waals surface area contributed by atoms with Crippen LogP contribution in [0.1, 0.15) is 11.1 Å². The van der Waals surface area contributed by atoms with Crippen molar-refractivity contribution in [1.29, 1.82) is 0 Å². The largest absolute Gasteiger partial charge is 0.497 e. The molecular weight excluding hydrogens is 268 g/mol. The highest BCUT2D eigenvalue weighted by Crippen LogP contribution is 2.51. The Balaban J connectivity index is 1.99. The van der Waals surface area contributed by atoms with Crippen molar-refractivity contribution in [1.82, 2.24) is 0 Å². The Bertz CT molecular complexity index is 556. The van der Waals surface area contributed by atoms with E-state index < -0.39 is 5.60 Å². The van der Waals surface area contributed by atoms with Gasteiger partial charge in [0, 0.05) is 0 Å². The molecular formula is C17H18O4. The predicted molar refractivity (Wildman–Crippen MR) is 78.7 cm³/mol. The standard InChI is InChI=1S/C17H18O4/c1-19-14-7-3-12(4-8-14)17(16(11-18)21-17)13-5-9-15(20-2)10-6-13/h3-10,16,18H,11H2,1-2H3/t16-/m1/s1. The van der Waals surface area contributed by atoms with E-state index in [4.69, 9.17) is 14.2 Å². The predicted octanol–water partition coefficient (Wildman–Crippen LogP) is 2.34. The van der Waals surface area contributed by atoms with Gasteiger partial charge in [-0.15, -0.1) is 0 Å². The number of aliphatic hydroxyl groups is 1. The van der Waals surface area contributed by atoms with E-state index in [1.165, 1.54) is 0 Å². The quantitative estimate of drug-likeness (QED) is 0.857. The zero-order valence-corrected chi connectivity index (χ0v) is 12.1. The molecule has 0 aromatic heterocycles. The van der Waals surface area contributed by atoms with E-state index >= 15 is 0 Å². The molecule has 0 saturated carbocycles. The van der Waals surface area contributed by atoms with Crippen LogP contribution in [0.5, 0.6) is 11.5 Å². The summed E-state index contributed by atoms with van der Waals surface area (Å²) in [5, 5.41) is 9.49. The summed E-state index contributed by atoms with van der Waals surface area (Å²) in [6.07, 6.45) is -0.223. The number of benzene rings is 2. The molecule has 0 radical (unpaired) electrons. The molecule has 2 aromatic carbocycles. The van der Waals surface area contributed by atoms with E-state index in [1.54, 1.807) is 14.2 Å². The number of rotatable bonds is 5. The number of hydrogen-bond donors (Lipinski definition) is 1. The van der Waals surface area contributed by atoms with E-state index in [0.29, 0.717) is 0 Å². The van der Waals surface area contributed by atoms with Crippen LogP contribution in [0.15, 0.2) is 48.5 Å². The van der Waals surface area contributed by atoms with Crippen LogP contribution < -0.4 is 9.47 Å². The Labute approximate surface area is 123 Å². The Kier molecular flexibility index (Phi) is 3.57. The smallest absolute Gasteiger partial charge is 0.147 e. The lowest BCUT2D eigenvalue weighted by molar-refractivity contribution is 0.238. The lowest BCUT2D eigenvalue weighted by Crippen LogP contribution is -2.17. The molecule has 1 aliphatic rings. The summed E-state index contributed by atoms with van der Waals surface area (Å²) < 4.78 is 16.2. The highest BCUT2D eigenvalue weighted by atomic mass is 16.6. The van der Waals surface area contributed by atoms with Gasteiger partial charge < -0.3 is 19.3 Å². The molecule has 1 heterocycles. The van der Waals surface area contributed by atoms with Gasteiger partial charge in [0.25, 0.3) is 0 Å². The van der Waals surface area contributed by atoms with Crippen LogP contribution in [0.4, 0.5) is 0 Å². The molecule has 4 nitrogen and oxygen atoms in total. The van der Waals surface area contributed by atoms with Crippen LogP contribution in [0.3, 0.4) is 0 Å². The number of epoxide rings is 1. The first kappa shape index (κ1) is 13.9. The molecule has 3 rings (SSSR count). The van der Waals surface area contributed by atoms with Gasteiger partial charge in [-0.25, -0.2) is 0 Å². The summed E-state index contributed by atoms with van der Waals surface area (Å²) in [6, 6.07) is 15.5. The minimum absolute atomic E-state index is 0.0158. The summed E-state index contributed by atoms with van der Waals surface area (Å²) in [5.41, 5.74) is 1.44. The minimum Gasteiger partial charge on any atom is -0.497 e. The molecule has 1 N–H and O–H groups in total. The van der Waals surface area contributed by atoms with Gasteiger partial charge in [0.2, 0.25) is 0 Å². The maximum Gasteiger partial charge on any atom is 0.147 e. The summed E-state index contributed by atoms with van der Waals surface area (Å²) >= 11 is 0. The Morgan fingerprint density at radius 3 is 1.62 bits per heavy atom. The fourth-order valence-corrected chi connectivity index (χ4v) is 2.71. The molecule has 1 fully saturated rings. The van der Waals surface area contributed by atoms with Gasteiger partial charge in [0.05, 0.1) is 20.8 Å². The van der Waals surface area contributed by atoms with E-state index in [1.807, 2.05) is 48.5 Å². The molecule has 2 aromatic rings. The molecule has 0 aliphatic carbocycles. The Hall–Kier alpha value is -2.04. The van der Waals surface area contributed by atoms with E-state index in [9.17, 15) is 5.11 Å². The molecule has 0 unspecified atom stereocenters. The van der Waals surface area contributed by atoms with Crippen LogP contribution >= 0.6 is 0 Å². The summed E-state index contributed by atoms with van der Waals surface area (Å²) in [4.78, 5) is 0. The lowest BCUT2D eigenvalue weighted by Gasteiger charge is -2.15. The Morgan fingerprint density at radius 2 is 1.33 bits per heavy atom. The van der Waals surface area contributed by atoms with E-state index in [2.05, 4.69) is 0 Å². The van der Waals surface area contributed by atoms with Crippen molar-refractivity contribution in [2.75, 3.05) is 20.8 Å². The van der Waals surface area contributed by atoms with Crippen LogP contribution in [-0.4, -0.2) is 32.0 Å². The third-order valence-corrected chi connectivity index (χ3v) is 3.93. The zero-order chi connectivity index (χ0) is 14.9. The first-order valence-corrected chi connectivity index (χ1v) is 6.82. The van der Waals surface area contributed by atoms with Gasteiger partial charge in [-0.2, -0.15) is 0 Å². The van der Waals surface area contributed by atoms with Crippen LogP contribution in [0.25, 0.3) is 0 Å². The number of methoxy groups -OCH3 is 2. The fourth-order valence-electron chi connectivity index (χ4n) is 2.71. The third kappa shape index (κ3) is 2.26. The summed E-state index contributed by atoms with van der Waals surface area (Å²) in [5.74, 6) is 1.59. The monoisotopic (exact) mass is 286 g/mol. The number of hydrogen-bond acceptors (Lipinski definition) is 4. The minimum atomic E-state index is -0.576. The highest BCUT2D eigenvalue weighted by Gasteiger charge is 2.58. The number of aliphatic hydroxyl groups excluding tert-OH is 1. The van der Waals surface area contributed by atoms with Gasteiger partial charge in [-0.05, 0) is 35.4 Å². The topological polar surface area (TPSA) is 51.2 Å². The van der Waals surface area contributed by atoms with E-state index in [0.717, 1.165) is 22.6 Å². The average molecular weight is 286 g/mol. The first-order valence-electron chi connectivity index (χ1n) is 6.82. The van der Waals surface area contributed by atoms with Crippen molar-refractivity contribution in [3.8, 4) is 11.5 Å². The molecule has 1 saturated heterocycles. The van der Waals surface area contributed by atoms with Crippen molar-refractivity contribution in [2.45, 2.75) is 11.7 Å². The number of ether oxygens (including phenoxy) is 3. The maximum absolute atomic E-state index is 9.49. The summed E-state index contributed by atoms with van der Waals surface area (Å²) in [6.45, 7) is -0.0158. The van der Waals surface area contributed by atoms with Gasteiger partial charge in [-0.1, -0.05) is 24.3 Å². The van der Waals surface area contributed by atoms with E-state index in [-0.39, 0.29) is 12.7 Å². The van der Waals surface area contributed by atoms with Gasteiger partial charge in [0.15, 0.2) is 0 Å².